The van der Waals surface area contributed by atoms with E-state index in [0.29, 0.717) is 17.2 Å². The minimum Gasteiger partial charge on any atom is -0.325 e. The van der Waals surface area contributed by atoms with Gasteiger partial charge in [-0.1, -0.05) is 104 Å². The second-order valence-corrected chi connectivity index (χ2v) is 12.6. The van der Waals surface area contributed by atoms with Crippen molar-refractivity contribution in [2.75, 3.05) is 10.6 Å². The third-order valence-corrected chi connectivity index (χ3v) is 8.73. The van der Waals surface area contributed by atoms with E-state index in [4.69, 9.17) is 0 Å². The first kappa shape index (κ1) is 33.0. The Morgan fingerprint density at radius 1 is 0.638 bits per heavy atom. The van der Waals surface area contributed by atoms with Crippen LogP contribution in [0, 0.1) is 6.92 Å². The zero-order valence-corrected chi connectivity index (χ0v) is 27.4. The molecular weight excluding hydrogens is 603 g/mol. The highest BCUT2D eigenvalue weighted by atomic mass is 32.2. The Morgan fingerprint density at radius 2 is 1.21 bits per heavy atom. The van der Waals surface area contributed by atoms with Gasteiger partial charge in [0.2, 0.25) is 5.91 Å². The normalized spacial score (nSPS) is 11.9. The highest BCUT2D eigenvalue weighted by Crippen LogP contribution is 2.37. The molecule has 0 aliphatic carbocycles. The molecule has 0 aliphatic heterocycles. The summed E-state index contributed by atoms with van der Waals surface area (Å²) < 4.78 is 0. The van der Waals surface area contributed by atoms with E-state index in [0.717, 1.165) is 27.3 Å². The Bertz CT molecular complexity index is 1840. The maximum atomic E-state index is 13.5. The molecule has 0 spiro atoms. The monoisotopic (exact) mass is 639 g/mol. The van der Waals surface area contributed by atoms with Crippen LogP contribution in [0.5, 0.6) is 0 Å². The summed E-state index contributed by atoms with van der Waals surface area (Å²) in [6, 6.07) is 41.3. The van der Waals surface area contributed by atoms with Crippen molar-refractivity contribution >= 4 is 46.9 Å². The van der Waals surface area contributed by atoms with E-state index in [1.54, 1.807) is 42.5 Å². The number of nitrogens with one attached hydrogen (secondary N) is 3. The molecule has 0 bridgehead atoms. The Kier molecular flexibility index (Phi) is 11.0. The van der Waals surface area contributed by atoms with Gasteiger partial charge >= 0.3 is 0 Å². The highest BCUT2D eigenvalue weighted by molar-refractivity contribution is 8.00. The minimum absolute atomic E-state index is 0.117. The van der Waals surface area contributed by atoms with Crippen LogP contribution < -0.4 is 16.0 Å². The lowest BCUT2D eigenvalue weighted by Gasteiger charge is -2.18. The van der Waals surface area contributed by atoms with E-state index >= 15 is 0 Å². The standard InChI is InChI=1S/C40H37N3O3S/c1-27(2)30-18-16-29(17-19-30)26-36(43-38(44)32-12-8-5-9-13-32)39(45)41-34-22-24-35(25-23-34)47-37(31-10-6-4-7-11-31)40(46)42-33-20-14-28(3)15-21-33/h4-27,37H,1-3H3,(H,41,45)(H,42,46)(H,43,44)/b36-26-. The molecule has 0 saturated carbocycles. The summed E-state index contributed by atoms with van der Waals surface area (Å²) in [5.41, 5.74) is 5.82. The summed E-state index contributed by atoms with van der Waals surface area (Å²) in [7, 11) is 0. The Labute approximate surface area is 280 Å². The number of carbonyl (C=O) groups is 3. The molecule has 0 radical (unpaired) electrons. The quantitative estimate of drug-likeness (QED) is 0.0995. The summed E-state index contributed by atoms with van der Waals surface area (Å²) in [6.07, 6.45) is 1.67. The molecule has 7 heteroatoms. The van der Waals surface area contributed by atoms with Gasteiger partial charge in [-0.25, -0.2) is 0 Å². The van der Waals surface area contributed by atoms with Crippen molar-refractivity contribution in [3.63, 3.8) is 0 Å². The molecule has 1 unspecified atom stereocenters. The topological polar surface area (TPSA) is 87.3 Å². The molecule has 3 amide bonds. The predicted molar refractivity (Wildman–Crippen MR) is 192 cm³/mol. The van der Waals surface area contributed by atoms with Crippen LogP contribution in [0.4, 0.5) is 11.4 Å². The number of amides is 3. The van der Waals surface area contributed by atoms with Gasteiger partial charge < -0.3 is 16.0 Å². The average molecular weight is 640 g/mol. The molecule has 0 heterocycles. The van der Waals surface area contributed by atoms with E-state index in [2.05, 4.69) is 29.8 Å². The smallest absolute Gasteiger partial charge is 0.272 e. The van der Waals surface area contributed by atoms with Crippen LogP contribution in [0.3, 0.4) is 0 Å². The zero-order chi connectivity index (χ0) is 33.2. The second kappa shape index (κ2) is 15.7. The fourth-order valence-corrected chi connectivity index (χ4v) is 5.81. The number of benzene rings is 5. The number of carbonyl (C=O) groups excluding carboxylic acids is 3. The van der Waals surface area contributed by atoms with Crippen molar-refractivity contribution in [3.05, 3.63) is 167 Å². The van der Waals surface area contributed by atoms with Crippen LogP contribution in [0.1, 0.15) is 57.6 Å². The molecule has 0 aliphatic rings. The number of aryl methyl sites for hydroxylation is 1. The molecule has 5 rings (SSSR count). The molecule has 0 fully saturated rings. The second-order valence-electron chi connectivity index (χ2n) is 11.4. The van der Waals surface area contributed by atoms with Gasteiger partial charge in [0.15, 0.2) is 0 Å². The number of hydrogen-bond acceptors (Lipinski definition) is 4. The lowest BCUT2D eigenvalue weighted by Crippen LogP contribution is -2.30. The van der Waals surface area contributed by atoms with Gasteiger partial charge in [0.25, 0.3) is 11.8 Å². The fourth-order valence-electron chi connectivity index (χ4n) is 4.78. The molecule has 3 N–H and O–H groups in total. The minimum atomic E-state index is -0.497. The molecular formula is C40H37N3O3S. The van der Waals surface area contributed by atoms with Crippen molar-refractivity contribution in [1.82, 2.24) is 5.32 Å². The van der Waals surface area contributed by atoms with Gasteiger partial charge in [-0.15, -0.1) is 11.8 Å². The SMILES string of the molecule is Cc1ccc(NC(=O)C(Sc2ccc(NC(=O)/C(=C/c3ccc(C(C)C)cc3)NC(=O)c3ccccc3)cc2)c2ccccc2)cc1. The van der Waals surface area contributed by atoms with Crippen LogP contribution in [-0.4, -0.2) is 17.7 Å². The lowest BCUT2D eigenvalue weighted by atomic mass is 10.0. The summed E-state index contributed by atoms with van der Waals surface area (Å²) in [6.45, 7) is 6.24. The van der Waals surface area contributed by atoms with Gasteiger partial charge in [0.05, 0.1) is 0 Å². The van der Waals surface area contributed by atoms with Gasteiger partial charge in [0.1, 0.15) is 10.9 Å². The molecule has 1 atom stereocenters. The predicted octanol–water partition coefficient (Wildman–Crippen LogP) is 9.00. The van der Waals surface area contributed by atoms with Crippen LogP contribution in [-0.2, 0) is 9.59 Å². The van der Waals surface area contributed by atoms with E-state index in [-0.39, 0.29) is 17.5 Å². The first-order valence-corrected chi connectivity index (χ1v) is 16.3. The maximum absolute atomic E-state index is 13.5. The fraction of sp³-hybridized carbons (Fsp3) is 0.125. The van der Waals surface area contributed by atoms with Gasteiger partial charge in [-0.3, -0.25) is 14.4 Å². The van der Waals surface area contributed by atoms with E-state index in [1.807, 2.05) is 104 Å². The number of hydrogen-bond donors (Lipinski definition) is 3. The molecule has 0 aromatic heterocycles. The van der Waals surface area contributed by atoms with Crippen molar-refractivity contribution in [3.8, 4) is 0 Å². The van der Waals surface area contributed by atoms with Crippen LogP contribution in [0.25, 0.3) is 6.08 Å². The first-order chi connectivity index (χ1) is 22.7. The van der Waals surface area contributed by atoms with E-state index < -0.39 is 11.2 Å². The molecule has 236 valence electrons. The van der Waals surface area contributed by atoms with E-state index in [1.165, 1.54) is 17.3 Å². The van der Waals surface area contributed by atoms with Crippen LogP contribution in [0.15, 0.2) is 144 Å². The average Bonchev–Trinajstić information content (AvgIpc) is 3.09. The third-order valence-electron chi connectivity index (χ3n) is 7.47. The van der Waals surface area contributed by atoms with Gasteiger partial charge in [0, 0.05) is 21.8 Å². The zero-order valence-electron chi connectivity index (χ0n) is 26.6. The van der Waals surface area contributed by atoms with Crippen LogP contribution in [0.2, 0.25) is 0 Å². The first-order valence-electron chi connectivity index (χ1n) is 15.4. The molecule has 0 saturated heterocycles. The van der Waals surface area contributed by atoms with Crippen molar-refractivity contribution < 1.29 is 14.4 Å². The lowest BCUT2D eigenvalue weighted by molar-refractivity contribution is -0.116. The third kappa shape index (κ3) is 9.31. The number of rotatable bonds is 11. The largest absolute Gasteiger partial charge is 0.325 e. The molecule has 6 nitrogen and oxygen atoms in total. The maximum Gasteiger partial charge on any atom is 0.272 e. The Morgan fingerprint density at radius 3 is 1.83 bits per heavy atom. The van der Waals surface area contributed by atoms with Crippen molar-refractivity contribution in [1.29, 1.82) is 0 Å². The Hall–Kier alpha value is -5.40. The molecule has 5 aromatic carbocycles. The summed E-state index contributed by atoms with van der Waals surface area (Å²) >= 11 is 1.42. The highest BCUT2D eigenvalue weighted by Gasteiger charge is 2.22. The van der Waals surface area contributed by atoms with Crippen molar-refractivity contribution in [2.24, 2.45) is 0 Å². The van der Waals surface area contributed by atoms with Gasteiger partial charge in [-0.05, 0) is 84.1 Å². The van der Waals surface area contributed by atoms with Gasteiger partial charge in [-0.2, -0.15) is 0 Å². The molecule has 47 heavy (non-hydrogen) atoms. The summed E-state index contributed by atoms with van der Waals surface area (Å²) in [5.74, 6) is -0.594. The van der Waals surface area contributed by atoms with Crippen LogP contribution >= 0.6 is 11.8 Å². The summed E-state index contributed by atoms with van der Waals surface area (Å²) in [5, 5.41) is 8.24. The van der Waals surface area contributed by atoms with Crippen molar-refractivity contribution in [2.45, 2.75) is 36.8 Å². The molecule has 5 aromatic rings. The van der Waals surface area contributed by atoms with E-state index in [9.17, 15) is 14.4 Å². The number of thioether (sulfide) groups is 1. The summed E-state index contributed by atoms with van der Waals surface area (Å²) in [4.78, 5) is 40.9. The Balaban J connectivity index is 1.33. The number of anilines is 2.